The lowest BCUT2D eigenvalue weighted by atomic mass is 9.90. The van der Waals surface area contributed by atoms with Crippen LogP contribution in [-0.4, -0.2) is 21.1 Å². The third kappa shape index (κ3) is 1.61. The summed E-state index contributed by atoms with van der Waals surface area (Å²) in [6.45, 7) is 1.80. The van der Waals surface area contributed by atoms with E-state index in [1.54, 1.807) is 35.8 Å². The Bertz CT molecular complexity index is 924. The summed E-state index contributed by atoms with van der Waals surface area (Å²) in [5.74, 6) is 0.281. The molecule has 3 aromatic rings. The number of hydrogen-bond acceptors (Lipinski definition) is 3. The first-order chi connectivity index (χ1) is 10.7. The number of ketones is 2. The van der Waals surface area contributed by atoms with E-state index in [4.69, 9.17) is 0 Å². The molecule has 1 aromatic heterocycles. The summed E-state index contributed by atoms with van der Waals surface area (Å²) in [4.78, 5) is 29.8. The Kier molecular flexibility index (Phi) is 2.60. The van der Waals surface area contributed by atoms with Crippen LogP contribution in [0.2, 0.25) is 0 Å². The summed E-state index contributed by atoms with van der Waals surface area (Å²) in [5, 5.41) is 0. The highest BCUT2D eigenvalue weighted by atomic mass is 16.1. The van der Waals surface area contributed by atoms with Crippen molar-refractivity contribution in [2.45, 2.75) is 6.92 Å². The van der Waals surface area contributed by atoms with Crippen molar-refractivity contribution < 1.29 is 9.59 Å². The highest BCUT2D eigenvalue weighted by molar-refractivity contribution is 6.27. The molecule has 2 aromatic carbocycles. The Labute approximate surface area is 127 Å². The van der Waals surface area contributed by atoms with Crippen LogP contribution in [0.5, 0.6) is 0 Å². The molecule has 0 fully saturated rings. The molecule has 4 rings (SSSR count). The monoisotopic (exact) mass is 288 g/mol. The number of nitrogens with zero attached hydrogens (tertiary/aromatic N) is 2. The van der Waals surface area contributed by atoms with E-state index in [0.29, 0.717) is 22.6 Å². The van der Waals surface area contributed by atoms with Gasteiger partial charge in [-0.15, -0.1) is 0 Å². The van der Waals surface area contributed by atoms with Gasteiger partial charge >= 0.3 is 0 Å². The number of benzene rings is 2. The molecule has 0 N–H and O–H groups in total. The number of carbonyl (C=O) groups is 2. The first kappa shape index (κ1) is 12.7. The van der Waals surface area contributed by atoms with E-state index in [2.05, 4.69) is 4.98 Å². The SMILES string of the molecule is Cc1nc2c(n1-c1ccccc1)C(=O)c1ccccc1C2=O. The largest absolute Gasteiger partial charge is 0.293 e. The van der Waals surface area contributed by atoms with Gasteiger partial charge in [0.05, 0.1) is 0 Å². The highest BCUT2D eigenvalue weighted by Crippen LogP contribution is 2.29. The minimum absolute atomic E-state index is 0.158. The second kappa shape index (κ2) is 4.49. The van der Waals surface area contributed by atoms with Crippen molar-refractivity contribution in [2.24, 2.45) is 0 Å². The molecule has 1 aliphatic carbocycles. The average Bonchev–Trinajstić information content (AvgIpc) is 2.91. The highest BCUT2D eigenvalue weighted by Gasteiger charge is 2.35. The molecule has 0 spiro atoms. The maximum absolute atomic E-state index is 12.8. The molecular weight excluding hydrogens is 276 g/mol. The molecule has 106 valence electrons. The number of aromatic nitrogens is 2. The van der Waals surface area contributed by atoms with Gasteiger partial charge in [0.25, 0.3) is 0 Å². The second-order valence-electron chi connectivity index (χ2n) is 5.23. The van der Waals surface area contributed by atoms with Crippen LogP contribution in [0.15, 0.2) is 54.6 Å². The smallest absolute Gasteiger partial charge is 0.214 e. The number of aryl methyl sites for hydroxylation is 1. The van der Waals surface area contributed by atoms with E-state index < -0.39 is 0 Å². The third-order valence-corrected chi connectivity index (χ3v) is 3.91. The van der Waals surface area contributed by atoms with E-state index in [1.165, 1.54) is 0 Å². The molecular formula is C18H12N2O2. The zero-order valence-electron chi connectivity index (χ0n) is 11.9. The van der Waals surface area contributed by atoms with E-state index in [-0.39, 0.29) is 17.3 Å². The van der Waals surface area contributed by atoms with Crippen molar-refractivity contribution in [1.29, 1.82) is 0 Å². The van der Waals surface area contributed by atoms with Gasteiger partial charge < -0.3 is 0 Å². The van der Waals surface area contributed by atoms with Gasteiger partial charge in [0, 0.05) is 16.8 Å². The lowest BCUT2D eigenvalue weighted by Gasteiger charge is -2.16. The number of rotatable bonds is 1. The molecule has 4 nitrogen and oxygen atoms in total. The minimum atomic E-state index is -0.192. The molecule has 22 heavy (non-hydrogen) atoms. The molecule has 4 heteroatoms. The van der Waals surface area contributed by atoms with Gasteiger partial charge in [0.15, 0.2) is 0 Å². The predicted molar refractivity (Wildman–Crippen MR) is 81.6 cm³/mol. The number of carbonyl (C=O) groups excluding carboxylic acids is 2. The summed E-state index contributed by atoms with van der Waals surface area (Å²) < 4.78 is 1.76. The molecule has 0 saturated heterocycles. The van der Waals surface area contributed by atoms with Crippen molar-refractivity contribution in [2.75, 3.05) is 0 Å². The fourth-order valence-corrected chi connectivity index (χ4v) is 2.93. The standard InChI is InChI=1S/C18H12N2O2/c1-11-19-15-16(20(11)12-7-3-2-4-8-12)18(22)14-10-6-5-9-13(14)17(15)21/h2-10H,1H3. The van der Waals surface area contributed by atoms with E-state index in [0.717, 1.165) is 5.69 Å². The van der Waals surface area contributed by atoms with Crippen LogP contribution in [0.3, 0.4) is 0 Å². The second-order valence-corrected chi connectivity index (χ2v) is 5.23. The number of para-hydroxylation sites is 1. The first-order valence-corrected chi connectivity index (χ1v) is 7.01. The maximum atomic E-state index is 12.8. The van der Waals surface area contributed by atoms with Crippen LogP contribution in [0, 0.1) is 6.92 Å². The Hall–Kier alpha value is -3.01. The molecule has 0 unspecified atom stereocenters. The van der Waals surface area contributed by atoms with Crippen LogP contribution in [-0.2, 0) is 0 Å². The van der Waals surface area contributed by atoms with Crippen LogP contribution in [0.1, 0.15) is 37.9 Å². The fourth-order valence-electron chi connectivity index (χ4n) is 2.93. The lowest BCUT2D eigenvalue weighted by molar-refractivity contribution is 0.0972. The predicted octanol–water partition coefficient (Wildman–Crippen LogP) is 2.96. The molecule has 0 radical (unpaired) electrons. The van der Waals surface area contributed by atoms with Gasteiger partial charge in [-0.1, -0.05) is 42.5 Å². The van der Waals surface area contributed by atoms with Crippen molar-refractivity contribution in [3.05, 3.63) is 82.9 Å². The molecule has 0 saturated carbocycles. The zero-order chi connectivity index (χ0) is 15.3. The van der Waals surface area contributed by atoms with Crippen LogP contribution in [0.4, 0.5) is 0 Å². The molecule has 1 heterocycles. The maximum Gasteiger partial charge on any atom is 0.214 e. The molecule has 0 bridgehead atoms. The average molecular weight is 288 g/mol. The summed E-state index contributed by atoms with van der Waals surface area (Å²) in [7, 11) is 0. The lowest BCUT2D eigenvalue weighted by Crippen LogP contribution is -2.22. The quantitative estimate of drug-likeness (QED) is 0.541. The van der Waals surface area contributed by atoms with Crippen molar-refractivity contribution in [3.8, 4) is 5.69 Å². The molecule has 0 amide bonds. The van der Waals surface area contributed by atoms with Gasteiger partial charge in [-0.05, 0) is 19.1 Å². The summed E-state index contributed by atoms with van der Waals surface area (Å²) in [6.07, 6.45) is 0. The van der Waals surface area contributed by atoms with Crippen molar-refractivity contribution >= 4 is 11.6 Å². The number of imidazole rings is 1. The minimum Gasteiger partial charge on any atom is -0.293 e. The Balaban J connectivity index is 2.03. The third-order valence-electron chi connectivity index (χ3n) is 3.91. The van der Waals surface area contributed by atoms with E-state index in [9.17, 15) is 9.59 Å². The van der Waals surface area contributed by atoms with Gasteiger partial charge in [-0.2, -0.15) is 0 Å². The van der Waals surface area contributed by atoms with Crippen LogP contribution in [0.25, 0.3) is 5.69 Å². The van der Waals surface area contributed by atoms with Crippen LogP contribution >= 0.6 is 0 Å². The zero-order valence-corrected chi connectivity index (χ0v) is 11.9. The topological polar surface area (TPSA) is 52.0 Å². The normalized spacial score (nSPS) is 13.0. The van der Waals surface area contributed by atoms with Crippen LogP contribution < -0.4 is 0 Å². The van der Waals surface area contributed by atoms with Gasteiger partial charge in [0.2, 0.25) is 11.6 Å². The van der Waals surface area contributed by atoms with E-state index >= 15 is 0 Å². The summed E-state index contributed by atoms with van der Waals surface area (Å²) in [5.41, 5.74) is 2.29. The van der Waals surface area contributed by atoms with Gasteiger partial charge in [-0.3, -0.25) is 14.2 Å². The summed E-state index contributed by atoms with van der Waals surface area (Å²) >= 11 is 0. The fraction of sp³-hybridized carbons (Fsp3) is 0.0556. The van der Waals surface area contributed by atoms with Gasteiger partial charge in [-0.25, -0.2) is 4.98 Å². The van der Waals surface area contributed by atoms with Crippen molar-refractivity contribution in [1.82, 2.24) is 9.55 Å². The first-order valence-electron chi connectivity index (χ1n) is 7.01. The Morgan fingerprint density at radius 2 is 1.41 bits per heavy atom. The number of hydrogen-bond donors (Lipinski definition) is 0. The van der Waals surface area contributed by atoms with Crippen molar-refractivity contribution in [3.63, 3.8) is 0 Å². The van der Waals surface area contributed by atoms with Gasteiger partial charge in [0.1, 0.15) is 17.2 Å². The molecule has 0 atom stereocenters. The molecule has 0 aliphatic heterocycles. The summed E-state index contributed by atoms with van der Waals surface area (Å²) in [6, 6.07) is 16.4. The molecule has 1 aliphatic rings. The number of fused-ring (bicyclic) bond motifs is 2. The Morgan fingerprint density at radius 1 is 0.818 bits per heavy atom. The Morgan fingerprint density at radius 3 is 2.09 bits per heavy atom. The van der Waals surface area contributed by atoms with E-state index in [1.807, 2.05) is 30.3 Å².